The largest absolute Gasteiger partial charge is 0.398 e. The van der Waals surface area contributed by atoms with E-state index in [1.165, 1.54) is 0 Å². The SMILES string of the molecule is Nc1cccc2c1CCCN2C(=O)C1CCCCO1. The van der Waals surface area contributed by atoms with Crippen molar-refractivity contribution in [2.24, 2.45) is 0 Å². The molecule has 1 aromatic rings. The highest BCUT2D eigenvalue weighted by Crippen LogP contribution is 2.32. The molecule has 1 fully saturated rings. The number of hydrogen-bond acceptors (Lipinski definition) is 3. The highest BCUT2D eigenvalue weighted by molar-refractivity contribution is 5.98. The first-order valence-corrected chi connectivity index (χ1v) is 7.08. The summed E-state index contributed by atoms with van der Waals surface area (Å²) in [5.74, 6) is 0.103. The molecule has 3 rings (SSSR count). The molecule has 2 N–H and O–H groups in total. The summed E-state index contributed by atoms with van der Waals surface area (Å²) < 4.78 is 5.62. The average Bonchev–Trinajstić information content (AvgIpc) is 2.47. The molecule has 1 aromatic carbocycles. The number of benzene rings is 1. The van der Waals surface area contributed by atoms with Crippen molar-refractivity contribution >= 4 is 17.3 Å². The van der Waals surface area contributed by atoms with E-state index in [0.717, 1.165) is 55.6 Å². The van der Waals surface area contributed by atoms with Crippen LogP contribution < -0.4 is 10.6 Å². The number of rotatable bonds is 1. The molecule has 0 spiro atoms. The van der Waals surface area contributed by atoms with Gasteiger partial charge in [-0.25, -0.2) is 0 Å². The first-order chi connectivity index (χ1) is 9.27. The van der Waals surface area contributed by atoms with Crippen LogP contribution in [0.15, 0.2) is 18.2 Å². The van der Waals surface area contributed by atoms with Gasteiger partial charge >= 0.3 is 0 Å². The van der Waals surface area contributed by atoms with Gasteiger partial charge in [0.15, 0.2) is 0 Å². The van der Waals surface area contributed by atoms with Crippen LogP contribution in [-0.4, -0.2) is 25.2 Å². The number of anilines is 2. The number of amides is 1. The Morgan fingerprint density at radius 2 is 2.21 bits per heavy atom. The van der Waals surface area contributed by atoms with Crippen LogP contribution in [0, 0.1) is 0 Å². The van der Waals surface area contributed by atoms with Gasteiger partial charge in [-0.1, -0.05) is 6.07 Å². The summed E-state index contributed by atoms with van der Waals surface area (Å²) in [5.41, 5.74) is 8.89. The number of nitrogen functional groups attached to an aromatic ring is 1. The summed E-state index contributed by atoms with van der Waals surface area (Å²) in [6.07, 6.45) is 4.65. The van der Waals surface area contributed by atoms with Crippen molar-refractivity contribution in [3.05, 3.63) is 23.8 Å². The summed E-state index contributed by atoms with van der Waals surface area (Å²) in [5, 5.41) is 0. The van der Waals surface area contributed by atoms with Crippen LogP contribution in [0.1, 0.15) is 31.2 Å². The first kappa shape index (κ1) is 12.5. The van der Waals surface area contributed by atoms with Gasteiger partial charge in [-0.2, -0.15) is 0 Å². The second-order valence-electron chi connectivity index (χ2n) is 5.29. The van der Waals surface area contributed by atoms with Crippen molar-refractivity contribution in [3.8, 4) is 0 Å². The molecule has 1 unspecified atom stereocenters. The van der Waals surface area contributed by atoms with Crippen LogP contribution >= 0.6 is 0 Å². The van der Waals surface area contributed by atoms with E-state index in [-0.39, 0.29) is 12.0 Å². The third kappa shape index (κ3) is 2.32. The summed E-state index contributed by atoms with van der Waals surface area (Å²) in [4.78, 5) is 14.5. The molecule has 0 aliphatic carbocycles. The van der Waals surface area contributed by atoms with Gasteiger partial charge in [0.05, 0.1) is 0 Å². The number of nitrogens with zero attached hydrogens (tertiary/aromatic N) is 1. The molecule has 1 saturated heterocycles. The van der Waals surface area contributed by atoms with Gasteiger partial charge < -0.3 is 15.4 Å². The number of nitrogens with two attached hydrogens (primary N) is 1. The van der Waals surface area contributed by atoms with Gasteiger partial charge in [0.25, 0.3) is 5.91 Å². The Hall–Kier alpha value is -1.55. The lowest BCUT2D eigenvalue weighted by Crippen LogP contribution is -2.44. The van der Waals surface area contributed by atoms with Gasteiger partial charge in [0, 0.05) is 24.5 Å². The normalized spacial score (nSPS) is 22.9. The Balaban J connectivity index is 1.86. The zero-order valence-corrected chi connectivity index (χ0v) is 11.1. The minimum atomic E-state index is -0.263. The molecule has 4 heteroatoms. The second kappa shape index (κ2) is 5.21. The maximum Gasteiger partial charge on any atom is 0.256 e. The molecule has 2 heterocycles. The van der Waals surface area contributed by atoms with E-state index in [9.17, 15) is 4.79 Å². The van der Waals surface area contributed by atoms with E-state index in [2.05, 4.69) is 0 Å². The summed E-state index contributed by atoms with van der Waals surface area (Å²) in [6.45, 7) is 1.48. The van der Waals surface area contributed by atoms with E-state index in [0.29, 0.717) is 6.61 Å². The lowest BCUT2D eigenvalue weighted by Gasteiger charge is -2.34. The van der Waals surface area contributed by atoms with Crippen LogP contribution in [0.3, 0.4) is 0 Å². The fourth-order valence-electron chi connectivity index (χ4n) is 2.99. The van der Waals surface area contributed by atoms with Gasteiger partial charge in [-0.3, -0.25) is 4.79 Å². The van der Waals surface area contributed by atoms with Crippen LogP contribution in [0.25, 0.3) is 0 Å². The summed E-state index contributed by atoms with van der Waals surface area (Å²) >= 11 is 0. The molecule has 0 saturated carbocycles. The lowest BCUT2D eigenvalue weighted by molar-refractivity contribution is -0.132. The van der Waals surface area contributed by atoms with Gasteiger partial charge in [0.1, 0.15) is 6.10 Å². The molecule has 0 radical (unpaired) electrons. The van der Waals surface area contributed by atoms with Gasteiger partial charge in [-0.05, 0) is 49.8 Å². The zero-order valence-electron chi connectivity index (χ0n) is 11.1. The number of ether oxygens (including phenoxy) is 1. The number of fused-ring (bicyclic) bond motifs is 1. The van der Waals surface area contributed by atoms with E-state index >= 15 is 0 Å². The second-order valence-corrected chi connectivity index (χ2v) is 5.29. The smallest absolute Gasteiger partial charge is 0.256 e. The van der Waals surface area contributed by atoms with E-state index < -0.39 is 0 Å². The topological polar surface area (TPSA) is 55.6 Å². The molecule has 1 amide bonds. The maximum absolute atomic E-state index is 12.6. The highest BCUT2D eigenvalue weighted by atomic mass is 16.5. The molecule has 2 aliphatic heterocycles. The number of carbonyl (C=O) groups excluding carboxylic acids is 1. The predicted octanol–water partition coefficient (Wildman–Crippen LogP) is 2.12. The maximum atomic E-state index is 12.6. The van der Waals surface area contributed by atoms with Crippen LogP contribution in [-0.2, 0) is 16.0 Å². The Morgan fingerprint density at radius 3 is 3.00 bits per heavy atom. The quantitative estimate of drug-likeness (QED) is 0.787. The van der Waals surface area contributed by atoms with Gasteiger partial charge in [-0.15, -0.1) is 0 Å². The van der Waals surface area contributed by atoms with Crippen molar-refractivity contribution in [2.75, 3.05) is 23.8 Å². The summed E-state index contributed by atoms with van der Waals surface area (Å²) in [6, 6.07) is 5.82. The third-order valence-electron chi connectivity index (χ3n) is 4.01. The minimum absolute atomic E-state index is 0.103. The van der Waals surface area contributed by atoms with E-state index in [4.69, 9.17) is 10.5 Å². The molecule has 102 valence electrons. The Kier molecular flexibility index (Phi) is 3.42. The lowest BCUT2D eigenvalue weighted by atomic mass is 9.98. The molecule has 4 nitrogen and oxygen atoms in total. The molecule has 0 bridgehead atoms. The molecular formula is C15H20N2O2. The standard InChI is InChI=1S/C15H20N2O2/c16-12-6-3-7-13-11(12)5-4-9-17(13)15(18)14-8-1-2-10-19-14/h3,6-7,14H,1-2,4-5,8-10,16H2. The monoisotopic (exact) mass is 260 g/mol. The van der Waals surface area contributed by atoms with Crippen molar-refractivity contribution in [3.63, 3.8) is 0 Å². The Bertz CT molecular complexity index is 481. The van der Waals surface area contributed by atoms with Crippen LogP contribution in [0.5, 0.6) is 0 Å². The zero-order chi connectivity index (χ0) is 13.2. The number of hydrogen-bond donors (Lipinski definition) is 1. The molecule has 1 atom stereocenters. The van der Waals surface area contributed by atoms with Gasteiger partial charge in [0.2, 0.25) is 0 Å². The van der Waals surface area contributed by atoms with E-state index in [1.807, 2.05) is 23.1 Å². The van der Waals surface area contributed by atoms with Crippen molar-refractivity contribution < 1.29 is 9.53 Å². The van der Waals surface area contributed by atoms with E-state index in [1.54, 1.807) is 0 Å². The molecule has 19 heavy (non-hydrogen) atoms. The Morgan fingerprint density at radius 1 is 1.32 bits per heavy atom. The van der Waals surface area contributed by atoms with Crippen molar-refractivity contribution in [1.29, 1.82) is 0 Å². The highest BCUT2D eigenvalue weighted by Gasteiger charge is 2.30. The first-order valence-electron chi connectivity index (χ1n) is 7.08. The Labute approximate surface area is 113 Å². The average molecular weight is 260 g/mol. The van der Waals surface area contributed by atoms with Crippen LogP contribution in [0.4, 0.5) is 11.4 Å². The molecule has 0 aromatic heterocycles. The third-order valence-corrected chi connectivity index (χ3v) is 4.01. The molecular weight excluding hydrogens is 240 g/mol. The predicted molar refractivity (Wildman–Crippen MR) is 75.1 cm³/mol. The van der Waals surface area contributed by atoms with Crippen LogP contribution in [0.2, 0.25) is 0 Å². The molecule has 2 aliphatic rings. The summed E-state index contributed by atoms with van der Waals surface area (Å²) in [7, 11) is 0. The van der Waals surface area contributed by atoms with Crippen molar-refractivity contribution in [2.45, 2.75) is 38.2 Å². The minimum Gasteiger partial charge on any atom is -0.398 e. The fourth-order valence-corrected chi connectivity index (χ4v) is 2.99. The fraction of sp³-hybridized carbons (Fsp3) is 0.533. The number of carbonyl (C=O) groups is 1. The van der Waals surface area contributed by atoms with Crippen molar-refractivity contribution in [1.82, 2.24) is 0 Å².